The summed E-state index contributed by atoms with van der Waals surface area (Å²) in [5.41, 5.74) is 3.56. The average Bonchev–Trinajstić information content (AvgIpc) is 3.30. The second-order valence-electron chi connectivity index (χ2n) is 8.18. The maximum atomic E-state index is 13.6. The fourth-order valence-corrected chi connectivity index (χ4v) is 4.76. The molecule has 156 valence electrons. The van der Waals surface area contributed by atoms with Gasteiger partial charge in [0.05, 0.1) is 17.0 Å². The molecular formula is C24H21N3O3S. The van der Waals surface area contributed by atoms with Crippen LogP contribution in [0.25, 0.3) is 11.0 Å². The van der Waals surface area contributed by atoms with E-state index in [4.69, 9.17) is 4.42 Å². The van der Waals surface area contributed by atoms with Crippen molar-refractivity contribution in [1.29, 1.82) is 0 Å². The Labute approximate surface area is 183 Å². The van der Waals surface area contributed by atoms with E-state index in [2.05, 4.69) is 24.0 Å². The molecule has 0 N–H and O–H groups in total. The molecule has 2 aromatic carbocycles. The third-order valence-electron chi connectivity index (χ3n) is 5.67. The van der Waals surface area contributed by atoms with E-state index < -0.39 is 6.04 Å². The van der Waals surface area contributed by atoms with Crippen LogP contribution in [0.4, 0.5) is 5.13 Å². The van der Waals surface area contributed by atoms with Gasteiger partial charge in [0, 0.05) is 0 Å². The Balaban J connectivity index is 1.78. The Morgan fingerprint density at radius 3 is 2.42 bits per heavy atom. The first kappa shape index (κ1) is 19.6. The van der Waals surface area contributed by atoms with Gasteiger partial charge in [-0.15, -0.1) is 10.2 Å². The maximum Gasteiger partial charge on any atom is 0.297 e. The molecule has 1 atom stereocenters. The molecule has 1 aliphatic heterocycles. The van der Waals surface area contributed by atoms with Crippen molar-refractivity contribution in [3.8, 4) is 0 Å². The number of nitrogens with zero attached hydrogens (tertiary/aromatic N) is 3. The van der Waals surface area contributed by atoms with Gasteiger partial charge in [-0.2, -0.15) is 0 Å². The number of aromatic nitrogens is 2. The molecule has 0 fully saturated rings. The van der Waals surface area contributed by atoms with Crippen LogP contribution in [0.1, 0.15) is 63.6 Å². The largest absolute Gasteiger partial charge is 0.450 e. The molecule has 0 unspecified atom stereocenters. The normalized spacial score (nSPS) is 15.8. The molecule has 0 aliphatic carbocycles. The van der Waals surface area contributed by atoms with E-state index >= 15 is 0 Å². The van der Waals surface area contributed by atoms with Gasteiger partial charge in [-0.05, 0) is 43.0 Å². The Kier molecular flexibility index (Phi) is 4.51. The third kappa shape index (κ3) is 3.08. The van der Waals surface area contributed by atoms with Crippen LogP contribution in [0.3, 0.4) is 0 Å². The quantitative estimate of drug-likeness (QED) is 0.449. The summed E-state index contributed by atoms with van der Waals surface area (Å²) < 4.78 is 5.99. The van der Waals surface area contributed by atoms with Gasteiger partial charge in [-0.1, -0.05) is 61.1 Å². The van der Waals surface area contributed by atoms with E-state index in [1.165, 1.54) is 21.8 Å². The average molecular weight is 432 g/mol. The Morgan fingerprint density at radius 2 is 1.77 bits per heavy atom. The molecule has 31 heavy (non-hydrogen) atoms. The van der Waals surface area contributed by atoms with Crippen LogP contribution in [-0.2, 0) is 0 Å². The van der Waals surface area contributed by atoms with Crippen molar-refractivity contribution < 1.29 is 9.21 Å². The molecule has 4 aromatic rings. The first-order chi connectivity index (χ1) is 14.8. The second kappa shape index (κ2) is 7.13. The van der Waals surface area contributed by atoms with Gasteiger partial charge >= 0.3 is 0 Å². The zero-order valence-corrected chi connectivity index (χ0v) is 18.5. The smallest absolute Gasteiger partial charge is 0.297 e. The molecule has 0 saturated heterocycles. The molecule has 0 spiro atoms. The minimum absolute atomic E-state index is 0.0761. The van der Waals surface area contributed by atoms with Gasteiger partial charge in [-0.25, -0.2) is 0 Å². The number of amides is 1. The van der Waals surface area contributed by atoms with E-state index in [1.807, 2.05) is 50.2 Å². The topological polar surface area (TPSA) is 76.3 Å². The Bertz CT molecular complexity index is 1390. The number of carbonyl (C=O) groups excluding carboxylic acids is 1. The number of hydrogen-bond acceptors (Lipinski definition) is 6. The van der Waals surface area contributed by atoms with Crippen LogP contribution < -0.4 is 10.3 Å². The number of carbonyl (C=O) groups is 1. The van der Waals surface area contributed by atoms with Gasteiger partial charge in [0.25, 0.3) is 5.91 Å². The summed E-state index contributed by atoms with van der Waals surface area (Å²) in [4.78, 5) is 28.6. The van der Waals surface area contributed by atoms with Crippen molar-refractivity contribution in [1.82, 2.24) is 10.2 Å². The number of hydrogen-bond donors (Lipinski definition) is 0. The molecule has 2 aromatic heterocycles. The fourth-order valence-electron chi connectivity index (χ4n) is 4.05. The molecule has 0 bridgehead atoms. The van der Waals surface area contributed by atoms with Crippen LogP contribution in [0, 0.1) is 13.8 Å². The van der Waals surface area contributed by atoms with Crippen molar-refractivity contribution in [2.45, 2.75) is 39.7 Å². The molecule has 0 saturated carbocycles. The SMILES string of the molecule is Cc1ccc2oc3c(c(=O)c2c1)[C@@H](c1ccc(C(C)C)cc1)N(c1nnc(C)s1)C3=O. The van der Waals surface area contributed by atoms with Crippen molar-refractivity contribution in [3.63, 3.8) is 0 Å². The first-order valence-electron chi connectivity index (χ1n) is 10.2. The lowest BCUT2D eigenvalue weighted by Crippen LogP contribution is -2.29. The lowest BCUT2D eigenvalue weighted by atomic mass is 9.95. The van der Waals surface area contributed by atoms with Crippen LogP contribution >= 0.6 is 11.3 Å². The van der Waals surface area contributed by atoms with Gasteiger partial charge in [0.2, 0.25) is 10.9 Å². The summed E-state index contributed by atoms with van der Waals surface area (Å²) >= 11 is 1.32. The standard InChI is InChI=1S/C24H21N3O3S/c1-12(2)15-6-8-16(9-7-15)20-19-21(28)17-11-13(3)5-10-18(17)30-22(19)23(29)27(20)24-26-25-14(4)31-24/h5-12,20H,1-4H3/t20-/m1/s1. The summed E-state index contributed by atoms with van der Waals surface area (Å²) in [5, 5.41) is 9.95. The van der Waals surface area contributed by atoms with Crippen molar-refractivity contribution >= 4 is 33.3 Å². The number of rotatable bonds is 3. The molecule has 0 radical (unpaired) electrons. The Morgan fingerprint density at radius 1 is 1.03 bits per heavy atom. The van der Waals surface area contributed by atoms with Crippen LogP contribution in [-0.4, -0.2) is 16.1 Å². The first-order valence-corrected chi connectivity index (χ1v) is 11.0. The molecule has 1 amide bonds. The number of fused-ring (bicyclic) bond motifs is 2. The van der Waals surface area contributed by atoms with E-state index in [-0.39, 0.29) is 17.1 Å². The van der Waals surface area contributed by atoms with E-state index in [0.29, 0.717) is 27.6 Å². The Hall–Kier alpha value is -3.32. The van der Waals surface area contributed by atoms with E-state index in [1.54, 1.807) is 6.07 Å². The van der Waals surface area contributed by atoms with E-state index in [0.717, 1.165) is 16.1 Å². The zero-order valence-electron chi connectivity index (χ0n) is 17.7. The highest BCUT2D eigenvalue weighted by molar-refractivity contribution is 7.15. The number of aryl methyl sites for hydroxylation is 2. The van der Waals surface area contributed by atoms with Gasteiger partial charge < -0.3 is 4.42 Å². The molecule has 6 nitrogen and oxygen atoms in total. The number of anilines is 1. The van der Waals surface area contributed by atoms with Gasteiger partial charge in [0.15, 0.2) is 5.43 Å². The van der Waals surface area contributed by atoms with Crippen molar-refractivity contribution in [2.75, 3.05) is 4.90 Å². The highest BCUT2D eigenvalue weighted by atomic mass is 32.1. The van der Waals surface area contributed by atoms with E-state index in [9.17, 15) is 9.59 Å². The number of benzene rings is 2. The van der Waals surface area contributed by atoms with Crippen molar-refractivity contribution in [2.24, 2.45) is 0 Å². The maximum absolute atomic E-state index is 13.6. The molecular weight excluding hydrogens is 410 g/mol. The molecule has 5 rings (SSSR count). The molecule has 1 aliphatic rings. The second-order valence-corrected chi connectivity index (χ2v) is 9.34. The monoisotopic (exact) mass is 431 g/mol. The van der Waals surface area contributed by atoms with Gasteiger partial charge in [-0.3, -0.25) is 14.5 Å². The van der Waals surface area contributed by atoms with Crippen LogP contribution in [0.5, 0.6) is 0 Å². The summed E-state index contributed by atoms with van der Waals surface area (Å²) in [7, 11) is 0. The van der Waals surface area contributed by atoms with Crippen LogP contribution in [0.15, 0.2) is 51.7 Å². The lowest BCUT2D eigenvalue weighted by Gasteiger charge is -2.22. The highest BCUT2D eigenvalue weighted by Crippen LogP contribution is 2.42. The summed E-state index contributed by atoms with van der Waals surface area (Å²) in [6.45, 7) is 8.02. The lowest BCUT2D eigenvalue weighted by molar-refractivity contribution is 0.0970. The predicted molar refractivity (Wildman–Crippen MR) is 121 cm³/mol. The minimum atomic E-state index is -0.614. The zero-order chi connectivity index (χ0) is 21.9. The predicted octanol–water partition coefficient (Wildman–Crippen LogP) is 5.13. The van der Waals surface area contributed by atoms with Crippen molar-refractivity contribution in [3.05, 3.63) is 85.7 Å². The summed E-state index contributed by atoms with van der Waals surface area (Å²) in [6, 6.07) is 12.8. The highest BCUT2D eigenvalue weighted by Gasteiger charge is 2.45. The molecule has 7 heteroatoms. The molecule has 3 heterocycles. The van der Waals surface area contributed by atoms with Crippen LogP contribution in [0.2, 0.25) is 0 Å². The fraction of sp³-hybridized carbons (Fsp3) is 0.250. The minimum Gasteiger partial charge on any atom is -0.450 e. The summed E-state index contributed by atoms with van der Waals surface area (Å²) in [6.07, 6.45) is 0. The summed E-state index contributed by atoms with van der Waals surface area (Å²) in [5.74, 6) is 0.0845. The van der Waals surface area contributed by atoms with Gasteiger partial charge in [0.1, 0.15) is 10.6 Å². The third-order valence-corrected chi connectivity index (χ3v) is 6.50.